The Hall–Kier alpha value is -0.830. The zero-order valence-corrected chi connectivity index (χ0v) is 6.16. The quantitative estimate of drug-likeness (QED) is 0.576. The van der Waals surface area contributed by atoms with E-state index in [9.17, 15) is 4.79 Å². The zero-order chi connectivity index (χ0) is 8.15. The van der Waals surface area contributed by atoms with Gasteiger partial charge in [-0.05, 0) is 13.8 Å². The third kappa shape index (κ3) is 4.09. The summed E-state index contributed by atoms with van der Waals surface area (Å²) in [7, 11) is 0. The first-order valence-corrected chi connectivity index (χ1v) is 3.08. The van der Waals surface area contributed by atoms with Gasteiger partial charge in [0.05, 0.1) is 0 Å². The molecular weight excluding hydrogens is 132 g/mol. The van der Waals surface area contributed by atoms with E-state index in [0.717, 1.165) is 5.57 Å². The fourth-order valence-electron chi connectivity index (χ4n) is 0.448. The van der Waals surface area contributed by atoms with Crippen LogP contribution in [0, 0.1) is 0 Å². The van der Waals surface area contributed by atoms with Crippen molar-refractivity contribution in [1.29, 1.82) is 0 Å². The molecule has 10 heavy (non-hydrogen) atoms. The predicted molar refractivity (Wildman–Crippen MR) is 37.7 cm³/mol. The van der Waals surface area contributed by atoms with Crippen molar-refractivity contribution < 1.29 is 15.0 Å². The second-order valence-corrected chi connectivity index (χ2v) is 2.37. The highest BCUT2D eigenvalue weighted by molar-refractivity contribution is 5.72. The van der Waals surface area contributed by atoms with Gasteiger partial charge in [-0.15, -0.1) is 0 Å². The van der Waals surface area contributed by atoms with Crippen LogP contribution in [0.2, 0.25) is 0 Å². The first-order valence-electron chi connectivity index (χ1n) is 3.08. The number of hydrogen-bond acceptors (Lipinski definition) is 2. The molecule has 3 heteroatoms. The summed E-state index contributed by atoms with van der Waals surface area (Å²) in [4.78, 5) is 10.0. The van der Waals surface area contributed by atoms with Crippen molar-refractivity contribution in [2.24, 2.45) is 0 Å². The van der Waals surface area contributed by atoms with Crippen LogP contribution in [0.15, 0.2) is 11.6 Å². The third-order valence-corrected chi connectivity index (χ3v) is 1.03. The molecule has 0 aliphatic heterocycles. The van der Waals surface area contributed by atoms with Gasteiger partial charge in [0, 0.05) is 6.42 Å². The summed E-state index contributed by atoms with van der Waals surface area (Å²) in [5.41, 5.74) is 1.01. The van der Waals surface area contributed by atoms with Crippen LogP contribution in [-0.2, 0) is 4.79 Å². The van der Waals surface area contributed by atoms with Gasteiger partial charge in [-0.25, -0.2) is 4.79 Å². The highest BCUT2D eigenvalue weighted by atomic mass is 16.4. The molecule has 0 aromatic rings. The Morgan fingerprint density at radius 2 is 2.10 bits per heavy atom. The summed E-state index contributed by atoms with van der Waals surface area (Å²) < 4.78 is 0. The van der Waals surface area contributed by atoms with Crippen molar-refractivity contribution >= 4 is 5.97 Å². The van der Waals surface area contributed by atoms with Crippen molar-refractivity contribution in [1.82, 2.24) is 0 Å². The molecule has 0 saturated heterocycles. The summed E-state index contributed by atoms with van der Waals surface area (Å²) in [6.45, 7) is 3.71. The first kappa shape index (κ1) is 9.17. The van der Waals surface area contributed by atoms with Crippen LogP contribution >= 0.6 is 0 Å². The van der Waals surface area contributed by atoms with Crippen LogP contribution in [0.1, 0.15) is 20.3 Å². The standard InChI is InChI=1S/C7H12O3/c1-5(2)3-4-6(8)7(9)10/h3,6,8H,4H2,1-2H3,(H,9,10). The van der Waals surface area contributed by atoms with E-state index in [4.69, 9.17) is 10.2 Å². The normalized spacial score (nSPS) is 12.3. The van der Waals surface area contributed by atoms with Gasteiger partial charge in [0.2, 0.25) is 0 Å². The largest absolute Gasteiger partial charge is 0.479 e. The van der Waals surface area contributed by atoms with Crippen LogP contribution in [0.25, 0.3) is 0 Å². The molecule has 0 rings (SSSR count). The average molecular weight is 144 g/mol. The molecule has 0 fully saturated rings. The predicted octanol–water partition coefficient (Wildman–Crippen LogP) is 0.788. The van der Waals surface area contributed by atoms with Gasteiger partial charge < -0.3 is 10.2 Å². The molecule has 1 unspecified atom stereocenters. The van der Waals surface area contributed by atoms with Gasteiger partial charge in [0.1, 0.15) is 0 Å². The minimum Gasteiger partial charge on any atom is -0.479 e. The van der Waals surface area contributed by atoms with Crippen molar-refractivity contribution in [2.45, 2.75) is 26.4 Å². The average Bonchev–Trinajstić information content (AvgIpc) is 1.82. The summed E-state index contributed by atoms with van der Waals surface area (Å²) in [5.74, 6) is -1.17. The molecule has 1 atom stereocenters. The Morgan fingerprint density at radius 1 is 1.60 bits per heavy atom. The number of carboxylic acid groups (broad SMARTS) is 1. The van der Waals surface area contributed by atoms with E-state index in [1.54, 1.807) is 6.08 Å². The van der Waals surface area contributed by atoms with Gasteiger partial charge in [-0.1, -0.05) is 11.6 Å². The van der Waals surface area contributed by atoms with E-state index in [-0.39, 0.29) is 6.42 Å². The third-order valence-electron chi connectivity index (χ3n) is 1.03. The molecule has 0 spiro atoms. The number of aliphatic hydroxyl groups is 1. The molecule has 58 valence electrons. The Morgan fingerprint density at radius 3 is 2.40 bits per heavy atom. The Kier molecular flexibility index (Phi) is 3.72. The zero-order valence-electron chi connectivity index (χ0n) is 6.16. The lowest BCUT2D eigenvalue weighted by Gasteiger charge is -1.99. The smallest absolute Gasteiger partial charge is 0.332 e. The van der Waals surface area contributed by atoms with E-state index in [0.29, 0.717) is 0 Å². The van der Waals surface area contributed by atoms with Crippen LogP contribution in [0.5, 0.6) is 0 Å². The summed E-state index contributed by atoms with van der Waals surface area (Å²) in [5, 5.41) is 16.9. The molecule has 0 radical (unpaired) electrons. The monoisotopic (exact) mass is 144 g/mol. The minimum atomic E-state index is -1.25. The highest BCUT2D eigenvalue weighted by Gasteiger charge is 2.09. The van der Waals surface area contributed by atoms with Gasteiger partial charge >= 0.3 is 5.97 Å². The molecule has 0 bridgehead atoms. The van der Waals surface area contributed by atoms with E-state index < -0.39 is 12.1 Å². The fraction of sp³-hybridized carbons (Fsp3) is 0.571. The molecule has 0 amide bonds. The molecule has 0 aliphatic rings. The van der Waals surface area contributed by atoms with Crippen molar-refractivity contribution in [3.8, 4) is 0 Å². The lowest BCUT2D eigenvalue weighted by molar-refractivity contribution is -0.146. The summed E-state index contributed by atoms with van der Waals surface area (Å²) >= 11 is 0. The van der Waals surface area contributed by atoms with Crippen molar-refractivity contribution in [2.75, 3.05) is 0 Å². The van der Waals surface area contributed by atoms with Crippen LogP contribution in [0.3, 0.4) is 0 Å². The molecule has 0 heterocycles. The Labute approximate surface area is 60.0 Å². The first-order chi connectivity index (χ1) is 4.54. The van der Waals surface area contributed by atoms with E-state index >= 15 is 0 Å². The van der Waals surface area contributed by atoms with Crippen molar-refractivity contribution in [3.05, 3.63) is 11.6 Å². The van der Waals surface area contributed by atoms with Gasteiger partial charge in [-0.2, -0.15) is 0 Å². The number of aliphatic hydroxyl groups excluding tert-OH is 1. The number of carboxylic acids is 1. The molecular formula is C7H12O3. The van der Waals surface area contributed by atoms with Gasteiger partial charge in [0.25, 0.3) is 0 Å². The van der Waals surface area contributed by atoms with Crippen LogP contribution < -0.4 is 0 Å². The van der Waals surface area contributed by atoms with Crippen molar-refractivity contribution in [3.63, 3.8) is 0 Å². The maximum Gasteiger partial charge on any atom is 0.332 e. The number of aliphatic carboxylic acids is 1. The summed E-state index contributed by atoms with van der Waals surface area (Å²) in [6.07, 6.45) is 0.631. The highest BCUT2D eigenvalue weighted by Crippen LogP contribution is 1.97. The van der Waals surface area contributed by atoms with E-state index in [1.807, 2.05) is 13.8 Å². The fourth-order valence-corrected chi connectivity index (χ4v) is 0.448. The van der Waals surface area contributed by atoms with Crippen LogP contribution in [-0.4, -0.2) is 22.3 Å². The molecule has 0 aliphatic carbocycles. The number of hydrogen-bond donors (Lipinski definition) is 2. The Balaban J connectivity index is 3.70. The van der Waals surface area contributed by atoms with Gasteiger partial charge in [-0.3, -0.25) is 0 Å². The minimum absolute atomic E-state index is 0.192. The Bertz CT molecular complexity index is 145. The SMILES string of the molecule is CC(C)=CCC(O)C(=O)O. The lowest BCUT2D eigenvalue weighted by Crippen LogP contribution is -2.18. The second-order valence-electron chi connectivity index (χ2n) is 2.37. The lowest BCUT2D eigenvalue weighted by atomic mass is 10.2. The topological polar surface area (TPSA) is 57.5 Å². The van der Waals surface area contributed by atoms with Gasteiger partial charge in [0.15, 0.2) is 6.10 Å². The number of carbonyl (C=O) groups is 1. The molecule has 0 aromatic heterocycles. The van der Waals surface area contributed by atoms with E-state index in [2.05, 4.69) is 0 Å². The maximum absolute atomic E-state index is 10.0. The number of allylic oxidation sites excluding steroid dienone is 1. The molecule has 3 nitrogen and oxygen atoms in total. The molecule has 0 aromatic carbocycles. The number of rotatable bonds is 3. The molecule has 2 N–H and O–H groups in total. The molecule has 0 saturated carbocycles. The summed E-state index contributed by atoms with van der Waals surface area (Å²) in [6, 6.07) is 0. The van der Waals surface area contributed by atoms with E-state index in [1.165, 1.54) is 0 Å². The van der Waals surface area contributed by atoms with Crippen LogP contribution in [0.4, 0.5) is 0 Å². The maximum atomic E-state index is 10.0. The second kappa shape index (κ2) is 4.06.